The molecule has 0 aliphatic rings. The number of fused-ring (bicyclic) bond motifs is 1. The molecule has 19 heavy (non-hydrogen) atoms. The number of pyridine rings is 1. The Bertz CT molecular complexity index is 762. The highest BCUT2D eigenvalue weighted by Crippen LogP contribution is 2.28. The molecule has 0 saturated heterocycles. The van der Waals surface area contributed by atoms with Crippen molar-refractivity contribution in [1.82, 2.24) is 14.8 Å². The van der Waals surface area contributed by atoms with Crippen LogP contribution in [0.2, 0.25) is 5.02 Å². The number of aromatic nitrogens is 3. The average Bonchev–Trinajstić information content (AvgIpc) is 2.70. The number of aryl methyl sites for hydroxylation is 1. The van der Waals surface area contributed by atoms with Gasteiger partial charge in [0.2, 0.25) is 0 Å². The van der Waals surface area contributed by atoms with E-state index in [1.54, 1.807) is 17.1 Å². The average molecular weight is 338 g/mol. The van der Waals surface area contributed by atoms with Crippen molar-refractivity contribution < 1.29 is 0 Å². The molecule has 0 aliphatic carbocycles. The molecule has 3 aromatic rings. The summed E-state index contributed by atoms with van der Waals surface area (Å²) in [6.45, 7) is 1.86. The second kappa shape index (κ2) is 4.51. The predicted molar refractivity (Wildman–Crippen MR) is 80.7 cm³/mol. The monoisotopic (exact) mass is 336 g/mol. The molecule has 0 bridgehead atoms. The van der Waals surface area contributed by atoms with E-state index in [0.717, 1.165) is 26.8 Å². The number of nitrogens with two attached hydrogens (primary N) is 1. The lowest BCUT2D eigenvalue weighted by Gasteiger charge is -2.08. The summed E-state index contributed by atoms with van der Waals surface area (Å²) in [7, 11) is 0. The molecule has 2 aromatic heterocycles. The molecular weight excluding hydrogens is 328 g/mol. The molecule has 0 aliphatic heterocycles. The highest BCUT2D eigenvalue weighted by Gasteiger charge is 2.10. The largest absolute Gasteiger partial charge is 0.398 e. The van der Waals surface area contributed by atoms with Gasteiger partial charge in [0.25, 0.3) is 0 Å². The standard InChI is InChI=1S/C13H10BrClN4/c1-7-10(15)6-19(18-7)12-3-2-11(16)9-4-8(14)5-17-13(9)12/h2-6H,16H2,1H3. The second-order valence-electron chi connectivity index (χ2n) is 4.23. The van der Waals surface area contributed by atoms with Crippen molar-refractivity contribution in [3.8, 4) is 5.69 Å². The van der Waals surface area contributed by atoms with Crippen molar-refractivity contribution >= 4 is 44.1 Å². The van der Waals surface area contributed by atoms with E-state index in [0.29, 0.717) is 10.7 Å². The van der Waals surface area contributed by atoms with Crippen LogP contribution in [0.3, 0.4) is 0 Å². The van der Waals surface area contributed by atoms with Crippen molar-refractivity contribution in [2.24, 2.45) is 0 Å². The fraction of sp³-hybridized carbons (Fsp3) is 0.0769. The van der Waals surface area contributed by atoms with Crippen molar-refractivity contribution in [3.63, 3.8) is 0 Å². The van der Waals surface area contributed by atoms with Crippen LogP contribution in [0.1, 0.15) is 5.69 Å². The van der Waals surface area contributed by atoms with E-state index in [4.69, 9.17) is 17.3 Å². The minimum atomic E-state index is 0.627. The van der Waals surface area contributed by atoms with Crippen LogP contribution in [-0.2, 0) is 0 Å². The van der Waals surface area contributed by atoms with Crippen LogP contribution in [0.15, 0.2) is 35.1 Å². The molecule has 3 rings (SSSR count). The summed E-state index contributed by atoms with van der Waals surface area (Å²) in [5, 5.41) is 5.89. The summed E-state index contributed by atoms with van der Waals surface area (Å²) in [6.07, 6.45) is 3.51. The third-order valence-electron chi connectivity index (χ3n) is 2.91. The molecule has 0 atom stereocenters. The Labute approximate surface area is 123 Å². The van der Waals surface area contributed by atoms with Gasteiger partial charge in [-0.15, -0.1) is 0 Å². The molecular formula is C13H10BrClN4. The van der Waals surface area contributed by atoms with Crippen molar-refractivity contribution in [3.05, 3.63) is 45.8 Å². The lowest BCUT2D eigenvalue weighted by Crippen LogP contribution is -1.99. The van der Waals surface area contributed by atoms with Gasteiger partial charge in [-0.3, -0.25) is 4.98 Å². The SMILES string of the molecule is Cc1nn(-c2ccc(N)c3cc(Br)cnc23)cc1Cl. The zero-order chi connectivity index (χ0) is 13.6. The minimum absolute atomic E-state index is 0.627. The first-order valence-corrected chi connectivity index (χ1v) is 6.79. The highest BCUT2D eigenvalue weighted by molar-refractivity contribution is 9.10. The van der Waals surface area contributed by atoms with Gasteiger partial charge < -0.3 is 5.73 Å². The van der Waals surface area contributed by atoms with E-state index >= 15 is 0 Å². The van der Waals surface area contributed by atoms with E-state index in [2.05, 4.69) is 26.0 Å². The van der Waals surface area contributed by atoms with Crippen LogP contribution < -0.4 is 5.73 Å². The topological polar surface area (TPSA) is 56.7 Å². The number of nitrogens with zero attached hydrogens (tertiary/aromatic N) is 3. The van der Waals surface area contributed by atoms with E-state index in [1.807, 2.05) is 25.1 Å². The Morgan fingerprint density at radius 3 is 2.84 bits per heavy atom. The van der Waals surface area contributed by atoms with Crippen LogP contribution >= 0.6 is 27.5 Å². The van der Waals surface area contributed by atoms with Gasteiger partial charge in [-0.25, -0.2) is 4.68 Å². The molecule has 0 saturated carbocycles. The maximum absolute atomic E-state index is 6.05. The molecule has 4 nitrogen and oxygen atoms in total. The Balaban J connectivity index is 2.33. The summed E-state index contributed by atoms with van der Waals surface area (Å²) < 4.78 is 2.61. The number of nitrogen functional groups attached to an aromatic ring is 1. The number of rotatable bonds is 1. The van der Waals surface area contributed by atoms with E-state index in [1.165, 1.54) is 0 Å². The van der Waals surface area contributed by atoms with Gasteiger partial charge in [0.1, 0.15) is 0 Å². The molecule has 2 N–H and O–H groups in total. The number of hydrogen-bond acceptors (Lipinski definition) is 3. The van der Waals surface area contributed by atoms with E-state index < -0.39 is 0 Å². The molecule has 2 heterocycles. The predicted octanol–water partition coefficient (Wildman–Crippen LogP) is 3.73. The Hall–Kier alpha value is -1.59. The first-order chi connectivity index (χ1) is 9.06. The number of halogens is 2. The van der Waals surface area contributed by atoms with Gasteiger partial charge in [0, 0.05) is 27.9 Å². The van der Waals surface area contributed by atoms with Crippen molar-refractivity contribution in [2.45, 2.75) is 6.92 Å². The summed E-state index contributed by atoms with van der Waals surface area (Å²) in [5.41, 5.74) is 9.10. The molecule has 0 radical (unpaired) electrons. The van der Waals surface area contributed by atoms with Crippen LogP contribution in [0.25, 0.3) is 16.6 Å². The van der Waals surface area contributed by atoms with Gasteiger partial charge in [-0.05, 0) is 41.1 Å². The fourth-order valence-electron chi connectivity index (χ4n) is 1.95. The van der Waals surface area contributed by atoms with Crippen LogP contribution in [0.4, 0.5) is 5.69 Å². The van der Waals surface area contributed by atoms with Crippen molar-refractivity contribution in [1.29, 1.82) is 0 Å². The molecule has 0 unspecified atom stereocenters. The second-order valence-corrected chi connectivity index (χ2v) is 5.55. The van der Waals surface area contributed by atoms with Gasteiger partial charge in [0.15, 0.2) is 0 Å². The third kappa shape index (κ3) is 2.09. The number of benzene rings is 1. The van der Waals surface area contributed by atoms with Gasteiger partial charge in [-0.2, -0.15) is 5.10 Å². The van der Waals surface area contributed by atoms with Crippen LogP contribution in [0, 0.1) is 6.92 Å². The van der Waals surface area contributed by atoms with Crippen molar-refractivity contribution in [2.75, 3.05) is 5.73 Å². The van der Waals surface area contributed by atoms with Crippen LogP contribution in [0.5, 0.6) is 0 Å². The normalized spacial score (nSPS) is 11.1. The number of anilines is 1. The number of hydrogen-bond donors (Lipinski definition) is 1. The molecule has 0 spiro atoms. The summed E-state index contributed by atoms with van der Waals surface area (Å²) >= 11 is 9.45. The highest BCUT2D eigenvalue weighted by atomic mass is 79.9. The Kier molecular flexibility index (Phi) is 2.95. The van der Waals surface area contributed by atoms with Crippen LogP contribution in [-0.4, -0.2) is 14.8 Å². The zero-order valence-corrected chi connectivity index (χ0v) is 12.4. The molecule has 0 amide bonds. The summed E-state index contributed by atoms with van der Waals surface area (Å²) in [5.74, 6) is 0. The van der Waals surface area contributed by atoms with Gasteiger partial charge in [-0.1, -0.05) is 11.6 Å². The van der Waals surface area contributed by atoms with Gasteiger partial charge in [0.05, 0.1) is 21.9 Å². The molecule has 1 aromatic carbocycles. The molecule has 6 heteroatoms. The van der Waals surface area contributed by atoms with E-state index in [-0.39, 0.29) is 0 Å². The fourth-order valence-corrected chi connectivity index (χ4v) is 2.41. The minimum Gasteiger partial charge on any atom is -0.398 e. The molecule has 0 fully saturated rings. The Morgan fingerprint density at radius 1 is 1.37 bits per heavy atom. The first kappa shape index (κ1) is 12.4. The first-order valence-electron chi connectivity index (χ1n) is 5.62. The lowest BCUT2D eigenvalue weighted by molar-refractivity contribution is 0.867. The summed E-state index contributed by atoms with van der Waals surface area (Å²) in [6, 6.07) is 5.68. The zero-order valence-electron chi connectivity index (χ0n) is 10.1. The molecule has 96 valence electrons. The maximum atomic E-state index is 6.05. The third-order valence-corrected chi connectivity index (χ3v) is 3.72. The lowest BCUT2D eigenvalue weighted by atomic mass is 10.1. The summed E-state index contributed by atoms with van der Waals surface area (Å²) in [4.78, 5) is 4.43. The Morgan fingerprint density at radius 2 is 2.16 bits per heavy atom. The maximum Gasteiger partial charge on any atom is 0.0980 e. The quantitative estimate of drug-likeness (QED) is 0.688. The van der Waals surface area contributed by atoms with Gasteiger partial charge >= 0.3 is 0 Å². The van der Waals surface area contributed by atoms with E-state index in [9.17, 15) is 0 Å². The smallest absolute Gasteiger partial charge is 0.0980 e.